The highest BCUT2D eigenvalue weighted by Crippen LogP contribution is 2.28. The Labute approximate surface area is 157 Å². The molecule has 1 aliphatic rings. The molecule has 0 fully saturated rings. The second-order valence-electron chi connectivity index (χ2n) is 6.52. The highest BCUT2D eigenvalue weighted by molar-refractivity contribution is 7.18. The van der Waals surface area contributed by atoms with E-state index in [4.69, 9.17) is 0 Å². The molecule has 3 heterocycles. The number of aryl methyl sites for hydroxylation is 1. The minimum Gasteiger partial charge on any atom is -0.369 e. The van der Waals surface area contributed by atoms with Crippen LogP contribution in [0.3, 0.4) is 0 Å². The van der Waals surface area contributed by atoms with Gasteiger partial charge in [0.2, 0.25) is 5.91 Å². The summed E-state index contributed by atoms with van der Waals surface area (Å²) in [6.45, 7) is 4.25. The van der Waals surface area contributed by atoms with Crippen LogP contribution in [0.25, 0.3) is 10.2 Å². The largest absolute Gasteiger partial charge is 0.369 e. The third-order valence-electron chi connectivity index (χ3n) is 4.84. The van der Waals surface area contributed by atoms with Crippen molar-refractivity contribution in [2.45, 2.75) is 32.7 Å². The topological polar surface area (TPSA) is 58.1 Å². The van der Waals surface area contributed by atoms with Gasteiger partial charge in [-0.05, 0) is 30.0 Å². The number of nitrogens with zero attached hydrogens (tertiary/aromatic N) is 3. The van der Waals surface area contributed by atoms with Gasteiger partial charge in [-0.15, -0.1) is 11.3 Å². The minimum atomic E-state index is 0.192. The van der Waals surface area contributed by atoms with Crippen molar-refractivity contribution in [3.8, 4) is 0 Å². The van der Waals surface area contributed by atoms with Crippen LogP contribution in [0.4, 0.5) is 5.82 Å². The van der Waals surface area contributed by atoms with Gasteiger partial charge in [-0.3, -0.25) is 4.79 Å². The number of aromatic nitrogens is 2. The highest BCUT2D eigenvalue weighted by atomic mass is 32.1. The maximum atomic E-state index is 12.6. The van der Waals surface area contributed by atoms with Gasteiger partial charge in [0.05, 0.1) is 5.39 Å². The van der Waals surface area contributed by atoms with Gasteiger partial charge in [0.25, 0.3) is 0 Å². The highest BCUT2D eigenvalue weighted by Gasteiger charge is 2.20. The third kappa shape index (κ3) is 3.42. The quantitative estimate of drug-likeness (QED) is 0.749. The Balaban J connectivity index is 1.36. The predicted octanol–water partition coefficient (Wildman–Crippen LogP) is 3.64. The van der Waals surface area contributed by atoms with Crippen molar-refractivity contribution < 1.29 is 4.79 Å². The van der Waals surface area contributed by atoms with Crippen molar-refractivity contribution >= 4 is 33.3 Å². The summed E-state index contributed by atoms with van der Waals surface area (Å²) in [4.78, 5) is 25.5. The predicted molar refractivity (Wildman–Crippen MR) is 105 cm³/mol. The van der Waals surface area contributed by atoms with Crippen LogP contribution in [0, 0.1) is 0 Å². The molecular weight excluding hydrogens is 344 g/mol. The maximum Gasteiger partial charge on any atom is 0.224 e. The van der Waals surface area contributed by atoms with E-state index in [9.17, 15) is 4.79 Å². The monoisotopic (exact) mass is 366 g/mol. The van der Waals surface area contributed by atoms with E-state index >= 15 is 0 Å². The number of nitrogens with one attached hydrogen (secondary N) is 1. The summed E-state index contributed by atoms with van der Waals surface area (Å²) >= 11 is 1.70. The van der Waals surface area contributed by atoms with E-state index in [0.29, 0.717) is 13.0 Å². The molecule has 0 saturated carbocycles. The van der Waals surface area contributed by atoms with E-state index in [1.165, 1.54) is 16.0 Å². The van der Waals surface area contributed by atoms with E-state index in [1.54, 1.807) is 17.7 Å². The number of hydrogen-bond acceptors (Lipinski definition) is 5. The third-order valence-corrected chi connectivity index (χ3v) is 6.03. The van der Waals surface area contributed by atoms with E-state index in [0.717, 1.165) is 42.0 Å². The van der Waals surface area contributed by atoms with Gasteiger partial charge in [0.1, 0.15) is 17.0 Å². The summed E-state index contributed by atoms with van der Waals surface area (Å²) in [5.74, 6) is 1.01. The van der Waals surface area contributed by atoms with Crippen molar-refractivity contribution in [1.82, 2.24) is 14.9 Å². The second-order valence-corrected chi connectivity index (χ2v) is 7.63. The van der Waals surface area contributed by atoms with E-state index in [2.05, 4.69) is 46.5 Å². The lowest BCUT2D eigenvalue weighted by Gasteiger charge is -2.29. The zero-order chi connectivity index (χ0) is 17.9. The Hall–Kier alpha value is -2.47. The average molecular weight is 366 g/mol. The molecule has 2 aromatic heterocycles. The van der Waals surface area contributed by atoms with Gasteiger partial charge in [0, 0.05) is 30.9 Å². The molecular formula is C20H22N4OS. The SMILES string of the molecule is CCc1cc2c(NCCC(=O)N3CCc4ccccc4C3)ncnc2s1. The van der Waals surface area contributed by atoms with Crippen LogP contribution in [0.5, 0.6) is 0 Å². The molecule has 0 saturated heterocycles. The Bertz CT molecular complexity index is 936. The first-order valence-electron chi connectivity index (χ1n) is 9.06. The van der Waals surface area contributed by atoms with Gasteiger partial charge < -0.3 is 10.2 Å². The fraction of sp³-hybridized carbons (Fsp3) is 0.350. The van der Waals surface area contributed by atoms with Crippen molar-refractivity contribution in [3.63, 3.8) is 0 Å². The molecule has 4 rings (SSSR count). The fourth-order valence-corrected chi connectivity index (χ4v) is 4.31. The molecule has 1 aromatic carbocycles. The molecule has 6 heteroatoms. The maximum absolute atomic E-state index is 12.6. The van der Waals surface area contributed by atoms with E-state index < -0.39 is 0 Å². The number of thiophene rings is 1. The molecule has 0 unspecified atom stereocenters. The first-order valence-corrected chi connectivity index (χ1v) is 9.88. The molecule has 1 amide bonds. The molecule has 1 aliphatic heterocycles. The number of carbonyl (C=O) groups excluding carboxylic acids is 1. The van der Waals surface area contributed by atoms with Crippen molar-refractivity contribution in [2.24, 2.45) is 0 Å². The molecule has 0 bridgehead atoms. The van der Waals surface area contributed by atoms with Crippen LogP contribution in [0.1, 0.15) is 29.3 Å². The zero-order valence-electron chi connectivity index (χ0n) is 14.9. The van der Waals surface area contributed by atoms with Crippen LogP contribution in [-0.4, -0.2) is 33.9 Å². The Morgan fingerprint density at radius 3 is 2.96 bits per heavy atom. The fourth-order valence-electron chi connectivity index (χ4n) is 3.38. The Kier molecular flexibility index (Phi) is 4.84. The van der Waals surface area contributed by atoms with Gasteiger partial charge in [-0.25, -0.2) is 9.97 Å². The standard InChI is InChI=1S/C20H22N4OS/c1-2-16-11-17-19(22-13-23-20(17)26-16)21-9-7-18(25)24-10-8-14-5-3-4-6-15(14)12-24/h3-6,11,13H,2,7-10,12H2,1H3,(H,21,22,23). The molecule has 0 radical (unpaired) electrons. The van der Waals surface area contributed by atoms with Crippen LogP contribution in [0.15, 0.2) is 36.7 Å². The summed E-state index contributed by atoms with van der Waals surface area (Å²) < 4.78 is 0. The molecule has 26 heavy (non-hydrogen) atoms. The molecule has 0 spiro atoms. The van der Waals surface area contributed by atoms with Gasteiger partial charge in [-0.2, -0.15) is 0 Å². The zero-order valence-corrected chi connectivity index (χ0v) is 15.7. The number of amides is 1. The molecule has 0 atom stereocenters. The Morgan fingerprint density at radius 1 is 1.27 bits per heavy atom. The molecule has 1 N–H and O–H groups in total. The first-order chi connectivity index (χ1) is 12.7. The van der Waals surface area contributed by atoms with Crippen LogP contribution < -0.4 is 5.32 Å². The number of rotatable bonds is 5. The lowest BCUT2D eigenvalue weighted by atomic mass is 10.00. The van der Waals surface area contributed by atoms with Gasteiger partial charge in [0.15, 0.2) is 0 Å². The summed E-state index contributed by atoms with van der Waals surface area (Å²) in [5, 5.41) is 4.37. The minimum absolute atomic E-state index is 0.192. The van der Waals surface area contributed by atoms with Crippen LogP contribution >= 0.6 is 11.3 Å². The summed E-state index contributed by atoms with van der Waals surface area (Å²) in [7, 11) is 0. The molecule has 134 valence electrons. The van der Waals surface area contributed by atoms with E-state index in [1.807, 2.05) is 11.0 Å². The van der Waals surface area contributed by atoms with Gasteiger partial charge in [-0.1, -0.05) is 31.2 Å². The second kappa shape index (κ2) is 7.41. The number of hydrogen-bond donors (Lipinski definition) is 1. The average Bonchev–Trinajstić information content (AvgIpc) is 3.12. The van der Waals surface area contributed by atoms with Crippen LogP contribution in [0.2, 0.25) is 0 Å². The number of benzene rings is 1. The summed E-state index contributed by atoms with van der Waals surface area (Å²) in [5.41, 5.74) is 2.63. The smallest absolute Gasteiger partial charge is 0.224 e. The number of fused-ring (bicyclic) bond motifs is 2. The Morgan fingerprint density at radius 2 is 2.12 bits per heavy atom. The molecule has 0 aliphatic carbocycles. The van der Waals surface area contributed by atoms with Gasteiger partial charge >= 0.3 is 0 Å². The normalized spacial score (nSPS) is 13.7. The van der Waals surface area contributed by atoms with Crippen LogP contribution in [-0.2, 0) is 24.2 Å². The number of anilines is 1. The molecule has 5 nitrogen and oxygen atoms in total. The number of carbonyl (C=O) groups is 1. The van der Waals surface area contributed by atoms with Crippen molar-refractivity contribution in [3.05, 3.63) is 52.7 Å². The summed E-state index contributed by atoms with van der Waals surface area (Å²) in [6.07, 6.45) is 3.99. The van der Waals surface area contributed by atoms with Crippen molar-refractivity contribution in [1.29, 1.82) is 0 Å². The lowest BCUT2D eigenvalue weighted by Crippen LogP contribution is -2.36. The first kappa shape index (κ1) is 17.0. The van der Waals surface area contributed by atoms with Crippen molar-refractivity contribution in [2.75, 3.05) is 18.4 Å². The van der Waals surface area contributed by atoms with E-state index in [-0.39, 0.29) is 5.91 Å². The lowest BCUT2D eigenvalue weighted by molar-refractivity contribution is -0.131. The molecule has 3 aromatic rings. The summed E-state index contributed by atoms with van der Waals surface area (Å²) in [6, 6.07) is 10.5.